The Labute approximate surface area is 236 Å². The number of piperazine rings is 1. The molecular formula is C31H40N4O5. The van der Waals surface area contributed by atoms with Crippen molar-refractivity contribution < 1.29 is 23.9 Å². The Morgan fingerprint density at radius 2 is 1.77 bits per heavy atom. The fraction of sp³-hybridized carbons (Fsp3) is 0.452. The molecule has 214 valence electrons. The number of ether oxygens (including phenoxy) is 2. The summed E-state index contributed by atoms with van der Waals surface area (Å²) in [7, 11) is 1.60. The fourth-order valence-corrected chi connectivity index (χ4v) is 5.55. The van der Waals surface area contributed by atoms with Gasteiger partial charge in [0, 0.05) is 50.0 Å². The molecule has 0 bridgehead atoms. The lowest BCUT2D eigenvalue weighted by Crippen LogP contribution is -2.56. The summed E-state index contributed by atoms with van der Waals surface area (Å²) in [6.45, 7) is 12.5. The topological polar surface area (TPSA) is 91.4 Å². The zero-order valence-corrected chi connectivity index (χ0v) is 24.3. The molecule has 2 aliphatic heterocycles. The van der Waals surface area contributed by atoms with Gasteiger partial charge in [-0.05, 0) is 70.0 Å². The van der Waals surface area contributed by atoms with Crippen LogP contribution in [-0.2, 0) is 9.53 Å². The Bertz CT molecular complexity index is 1290. The number of rotatable bonds is 8. The second-order valence-electron chi connectivity index (χ2n) is 10.4. The molecule has 0 aromatic heterocycles. The van der Waals surface area contributed by atoms with Crippen molar-refractivity contribution in [2.24, 2.45) is 0 Å². The van der Waals surface area contributed by atoms with Gasteiger partial charge in [0.1, 0.15) is 5.75 Å². The van der Waals surface area contributed by atoms with Crippen molar-refractivity contribution in [3.8, 4) is 5.75 Å². The van der Waals surface area contributed by atoms with Gasteiger partial charge in [-0.1, -0.05) is 23.8 Å². The molecule has 2 aliphatic rings. The summed E-state index contributed by atoms with van der Waals surface area (Å²) in [5.74, 6) is 0.253. The van der Waals surface area contributed by atoms with Crippen molar-refractivity contribution in [2.45, 2.75) is 46.7 Å². The van der Waals surface area contributed by atoms with Crippen molar-refractivity contribution in [1.29, 1.82) is 0 Å². The Kier molecular flexibility index (Phi) is 9.14. The molecule has 2 aromatic rings. The van der Waals surface area contributed by atoms with Crippen LogP contribution >= 0.6 is 0 Å². The lowest BCUT2D eigenvalue weighted by Gasteiger charge is -2.43. The smallest absolute Gasteiger partial charge is 0.338 e. The van der Waals surface area contributed by atoms with Crippen molar-refractivity contribution >= 4 is 17.9 Å². The van der Waals surface area contributed by atoms with E-state index in [9.17, 15) is 14.4 Å². The van der Waals surface area contributed by atoms with Crippen LogP contribution < -0.4 is 10.1 Å². The number of nitrogens with zero attached hydrogens (tertiary/aromatic N) is 3. The molecule has 0 aliphatic carbocycles. The summed E-state index contributed by atoms with van der Waals surface area (Å²) < 4.78 is 10.7. The van der Waals surface area contributed by atoms with Crippen molar-refractivity contribution in [3.63, 3.8) is 0 Å². The first kappa shape index (κ1) is 29.1. The van der Waals surface area contributed by atoms with E-state index in [1.807, 2.05) is 50.8 Å². The van der Waals surface area contributed by atoms with Crippen LogP contribution in [0.5, 0.6) is 5.75 Å². The number of benzene rings is 2. The van der Waals surface area contributed by atoms with Gasteiger partial charge < -0.3 is 19.7 Å². The zero-order chi connectivity index (χ0) is 29.0. The highest BCUT2D eigenvalue weighted by molar-refractivity contribution is 5.96. The van der Waals surface area contributed by atoms with Gasteiger partial charge in [0.2, 0.25) is 0 Å². The molecule has 1 saturated heterocycles. The van der Waals surface area contributed by atoms with Gasteiger partial charge in [-0.25, -0.2) is 9.59 Å². The number of carbonyl (C=O) groups is 3. The highest BCUT2D eigenvalue weighted by atomic mass is 16.5. The van der Waals surface area contributed by atoms with Crippen molar-refractivity contribution in [1.82, 2.24) is 20.0 Å². The molecule has 1 fully saturated rings. The van der Waals surface area contributed by atoms with Gasteiger partial charge in [0.05, 0.1) is 25.3 Å². The molecule has 40 heavy (non-hydrogen) atoms. The average molecular weight is 549 g/mol. The number of esters is 1. The second kappa shape index (κ2) is 12.6. The van der Waals surface area contributed by atoms with Crippen molar-refractivity contribution in [2.75, 3.05) is 46.4 Å². The number of methoxy groups -OCH3 is 1. The van der Waals surface area contributed by atoms with E-state index in [-0.39, 0.29) is 24.6 Å². The summed E-state index contributed by atoms with van der Waals surface area (Å²) in [6.07, 6.45) is 0. The number of aryl methyl sites for hydroxylation is 2. The van der Waals surface area contributed by atoms with Crippen LogP contribution in [0.25, 0.3) is 0 Å². The third-order valence-electron chi connectivity index (χ3n) is 7.68. The van der Waals surface area contributed by atoms with E-state index in [4.69, 9.17) is 9.47 Å². The SMILES string of the molecule is CCOC(=O)C1=C(CN2CCN(C(=O)c3ccc(OC)cc3)C(C)C2)N(CC)C(=O)NC1c1cc(C)ccc1C. The molecule has 9 nitrogen and oxygen atoms in total. The molecule has 2 unspecified atom stereocenters. The molecular weight excluding hydrogens is 508 g/mol. The summed E-state index contributed by atoms with van der Waals surface area (Å²) in [4.78, 5) is 45.8. The van der Waals surface area contributed by atoms with Crippen LogP contribution in [0.1, 0.15) is 53.9 Å². The van der Waals surface area contributed by atoms with E-state index < -0.39 is 12.0 Å². The third kappa shape index (κ3) is 5.99. The monoisotopic (exact) mass is 548 g/mol. The molecule has 4 rings (SSSR count). The number of carbonyl (C=O) groups excluding carboxylic acids is 3. The van der Waals surface area contributed by atoms with E-state index in [0.717, 1.165) is 16.7 Å². The Morgan fingerprint density at radius 1 is 1.05 bits per heavy atom. The maximum atomic E-state index is 13.5. The van der Waals surface area contributed by atoms with Crippen LogP contribution in [0.15, 0.2) is 53.7 Å². The molecule has 0 saturated carbocycles. The Hall–Kier alpha value is -3.85. The standard InChI is InChI=1S/C31H40N4O5/c1-7-34-26(19-33-15-16-35(22(5)18-33)29(36)23-11-13-24(39-6)14-12-23)27(30(37)40-8-2)28(32-31(34)38)25-17-20(3)9-10-21(25)4/h9-14,17,22,28H,7-8,15-16,18-19H2,1-6H3,(H,32,38). The molecule has 2 aromatic carbocycles. The molecule has 3 amide bonds. The molecule has 1 N–H and O–H groups in total. The molecule has 0 radical (unpaired) electrons. The maximum absolute atomic E-state index is 13.5. The third-order valence-corrected chi connectivity index (χ3v) is 7.68. The second-order valence-corrected chi connectivity index (χ2v) is 10.4. The zero-order valence-electron chi connectivity index (χ0n) is 24.3. The number of urea groups is 1. The number of hydrogen-bond acceptors (Lipinski definition) is 6. The Morgan fingerprint density at radius 3 is 2.40 bits per heavy atom. The number of hydrogen-bond donors (Lipinski definition) is 1. The van der Waals surface area contributed by atoms with Gasteiger partial charge in [-0.15, -0.1) is 0 Å². The Balaban J connectivity index is 1.63. The van der Waals surface area contributed by atoms with E-state index in [0.29, 0.717) is 55.3 Å². The van der Waals surface area contributed by atoms with E-state index in [1.165, 1.54) is 0 Å². The van der Waals surface area contributed by atoms with E-state index >= 15 is 0 Å². The van der Waals surface area contributed by atoms with Crippen LogP contribution in [0.2, 0.25) is 0 Å². The van der Waals surface area contributed by atoms with Gasteiger partial charge in [0.25, 0.3) is 5.91 Å². The van der Waals surface area contributed by atoms with Crippen molar-refractivity contribution in [3.05, 3.63) is 76.0 Å². The van der Waals surface area contributed by atoms with E-state index in [2.05, 4.69) is 10.2 Å². The number of likely N-dealkylation sites (N-methyl/N-ethyl adjacent to an activating group) is 1. The minimum Gasteiger partial charge on any atom is -0.497 e. The number of nitrogens with one attached hydrogen (secondary N) is 1. The molecule has 2 heterocycles. The van der Waals surface area contributed by atoms with Crippen LogP contribution in [-0.4, -0.2) is 85.1 Å². The average Bonchev–Trinajstić information content (AvgIpc) is 2.94. The molecule has 0 spiro atoms. The van der Waals surface area contributed by atoms with Crippen LogP contribution in [0.4, 0.5) is 4.79 Å². The van der Waals surface area contributed by atoms with Gasteiger partial charge >= 0.3 is 12.0 Å². The normalized spacial score (nSPS) is 19.9. The first-order chi connectivity index (χ1) is 19.2. The minimum absolute atomic E-state index is 0.0246. The predicted molar refractivity (Wildman–Crippen MR) is 153 cm³/mol. The summed E-state index contributed by atoms with van der Waals surface area (Å²) >= 11 is 0. The highest BCUT2D eigenvalue weighted by Crippen LogP contribution is 2.34. The highest BCUT2D eigenvalue weighted by Gasteiger charge is 2.39. The largest absolute Gasteiger partial charge is 0.497 e. The predicted octanol–water partition coefficient (Wildman–Crippen LogP) is 4.06. The van der Waals surface area contributed by atoms with Gasteiger partial charge in [-0.3, -0.25) is 14.6 Å². The first-order valence-electron chi connectivity index (χ1n) is 13.9. The van der Waals surface area contributed by atoms with Crippen LogP contribution in [0.3, 0.4) is 0 Å². The molecule has 2 atom stereocenters. The summed E-state index contributed by atoms with van der Waals surface area (Å²) in [6, 6.07) is 12.3. The lowest BCUT2D eigenvalue weighted by atomic mass is 9.90. The number of amides is 3. The maximum Gasteiger partial charge on any atom is 0.338 e. The quantitative estimate of drug-likeness (QED) is 0.501. The van der Waals surface area contributed by atoms with Crippen LogP contribution in [0, 0.1) is 13.8 Å². The summed E-state index contributed by atoms with van der Waals surface area (Å²) in [5.41, 5.74) is 4.64. The first-order valence-corrected chi connectivity index (χ1v) is 13.9. The summed E-state index contributed by atoms with van der Waals surface area (Å²) in [5, 5.41) is 3.06. The lowest BCUT2D eigenvalue weighted by molar-refractivity contribution is -0.139. The molecule has 9 heteroatoms. The van der Waals surface area contributed by atoms with Gasteiger partial charge in [0.15, 0.2) is 0 Å². The fourth-order valence-electron chi connectivity index (χ4n) is 5.55. The van der Waals surface area contributed by atoms with E-state index in [1.54, 1.807) is 43.2 Å². The van der Waals surface area contributed by atoms with Gasteiger partial charge in [-0.2, -0.15) is 0 Å². The minimum atomic E-state index is -0.611.